The van der Waals surface area contributed by atoms with Crippen molar-refractivity contribution in [1.82, 2.24) is 0 Å². The van der Waals surface area contributed by atoms with Crippen LogP contribution in [0.3, 0.4) is 0 Å². The van der Waals surface area contributed by atoms with Gasteiger partial charge in [0, 0.05) is 12.2 Å². The lowest BCUT2D eigenvalue weighted by atomic mass is 10.1. The second-order valence-corrected chi connectivity index (χ2v) is 4.81. The van der Waals surface area contributed by atoms with Gasteiger partial charge in [0.1, 0.15) is 5.82 Å². The summed E-state index contributed by atoms with van der Waals surface area (Å²) in [6.07, 6.45) is 2.85. The quantitative estimate of drug-likeness (QED) is 0.744. The molecule has 0 unspecified atom stereocenters. The highest BCUT2D eigenvalue weighted by atomic mass is 19.1. The third-order valence-corrected chi connectivity index (χ3v) is 3.67. The predicted octanol–water partition coefficient (Wildman–Crippen LogP) is 4.12. The van der Waals surface area contributed by atoms with Crippen LogP contribution in [0.15, 0.2) is 61.2 Å². The lowest BCUT2D eigenvalue weighted by Gasteiger charge is -2.28. The minimum atomic E-state index is -0.157. The van der Waals surface area contributed by atoms with Gasteiger partial charge in [-0.05, 0) is 35.7 Å². The van der Waals surface area contributed by atoms with Crippen LogP contribution < -0.4 is 4.90 Å². The Morgan fingerprint density at radius 1 is 1.16 bits per heavy atom. The average molecular weight is 253 g/mol. The van der Waals surface area contributed by atoms with Crippen molar-refractivity contribution in [3.05, 3.63) is 78.1 Å². The SMILES string of the molecule is C=C[C@@H](c1ccccc1)N1CCc2cc(F)ccc21. The van der Waals surface area contributed by atoms with E-state index in [1.165, 1.54) is 11.6 Å². The molecule has 0 aromatic heterocycles. The molecule has 2 heteroatoms. The zero-order valence-corrected chi connectivity index (χ0v) is 10.7. The van der Waals surface area contributed by atoms with Gasteiger partial charge in [0.15, 0.2) is 0 Å². The number of hydrogen-bond acceptors (Lipinski definition) is 1. The lowest BCUT2D eigenvalue weighted by Crippen LogP contribution is -2.25. The summed E-state index contributed by atoms with van der Waals surface area (Å²) in [5.41, 5.74) is 3.42. The van der Waals surface area contributed by atoms with Crippen molar-refractivity contribution in [3.63, 3.8) is 0 Å². The summed E-state index contributed by atoms with van der Waals surface area (Å²) in [6, 6.07) is 15.5. The molecule has 1 nitrogen and oxygen atoms in total. The number of hydrogen-bond donors (Lipinski definition) is 0. The summed E-state index contributed by atoms with van der Waals surface area (Å²) in [5.74, 6) is -0.157. The van der Waals surface area contributed by atoms with Crippen molar-refractivity contribution in [3.8, 4) is 0 Å². The van der Waals surface area contributed by atoms with Crippen LogP contribution in [-0.4, -0.2) is 6.54 Å². The van der Waals surface area contributed by atoms with Crippen LogP contribution in [0.4, 0.5) is 10.1 Å². The highest BCUT2D eigenvalue weighted by Crippen LogP contribution is 2.35. The Balaban J connectivity index is 1.98. The van der Waals surface area contributed by atoms with Crippen molar-refractivity contribution in [2.24, 2.45) is 0 Å². The third-order valence-electron chi connectivity index (χ3n) is 3.67. The molecule has 1 aliphatic heterocycles. The second kappa shape index (κ2) is 4.88. The van der Waals surface area contributed by atoms with E-state index in [-0.39, 0.29) is 11.9 Å². The molecule has 2 aromatic carbocycles. The van der Waals surface area contributed by atoms with Crippen LogP contribution in [0.1, 0.15) is 17.2 Å². The summed E-state index contributed by atoms with van der Waals surface area (Å²) in [7, 11) is 0. The predicted molar refractivity (Wildman–Crippen MR) is 76.8 cm³/mol. The Bertz CT molecular complexity index is 591. The molecule has 3 rings (SSSR count). The van der Waals surface area contributed by atoms with Gasteiger partial charge in [0.25, 0.3) is 0 Å². The number of halogens is 1. The topological polar surface area (TPSA) is 3.24 Å². The van der Waals surface area contributed by atoms with Crippen LogP contribution in [0, 0.1) is 5.82 Å². The fraction of sp³-hybridized carbons (Fsp3) is 0.176. The summed E-state index contributed by atoms with van der Waals surface area (Å²) < 4.78 is 13.3. The van der Waals surface area contributed by atoms with Gasteiger partial charge in [-0.2, -0.15) is 0 Å². The van der Waals surface area contributed by atoms with Crippen LogP contribution in [-0.2, 0) is 6.42 Å². The Hall–Kier alpha value is -2.09. The van der Waals surface area contributed by atoms with E-state index in [4.69, 9.17) is 0 Å². The molecule has 1 atom stereocenters. The average Bonchev–Trinajstić information content (AvgIpc) is 2.84. The van der Waals surface area contributed by atoms with E-state index in [0.717, 1.165) is 24.2 Å². The van der Waals surface area contributed by atoms with E-state index in [1.807, 2.05) is 30.3 Å². The van der Waals surface area contributed by atoms with E-state index in [2.05, 4.69) is 23.6 Å². The smallest absolute Gasteiger partial charge is 0.123 e. The van der Waals surface area contributed by atoms with Gasteiger partial charge in [0.2, 0.25) is 0 Å². The van der Waals surface area contributed by atoms with Crippen LogP contribution in [0.5, 0.6) is 0 Å². The van der Waals surface area contributed by atoms with Crippen molar-refractivity contribution in [2.75, 3.05) is 11.4 Å². The van der Waals surface area contributed by atoms with E-state index >= 15 is 0 Å². The fourth-order valence-corrected chi connectivity index (χ4v) is 2.78. The molecule has 0 bridgehead atoms. The zero-order chi connectivity index (χ0) is 13.2. The van der Waals surface area contributed by atoms with E-state index < -0.39 is 0 Å². The summed E-state index contributed by atoms with van der Waals surface area (Å²) >= 11 is 0. The molecule has 0 aliphatic carbocycles. The molecule has 0 amide bonds. The van der Waals surface area contributed by atoms with Crippen molar-refractivity contribution < 1.29 is 4.39 Å². The molecular weight excluding hydrogens is 237 g/mol. The Kier molecular flexibility index (Phi) is 3.08. The molecule has 0 saturated carbocycles. The molecule has 0 N–H and O–H groups in total. The summed E-state index contributed by atoms with van der Waals surface area (Å²) in [4.78, 5) is 2.29. The number of nitrogens with zero attached hydrogens (tertiary/aromatic N) is 1. The molecule has 2 aromatic rings. The van der Waals surface area contributed by atoms with Gasteiger partial charge in [-0.25, -0.2) is 4.39 Å². The molecule has 1 heterocycles. The molecule has 0 spiro atoms. The Labute approximate surface area is 113 Å². The lowest BCUT2D eigenvalue weighted by molar-refractivity contribution is 0.626. The van der Waals surface area contributed by atoms with E-state index in [9.17, 15) is 4.39 Å². The maximum atomic E-state index is 13.3. The minimum absolute atomic E-state index is 0.146. The van der Waals surface area contributed by atoms with Gasteiger partial charge < -0.3 is 4.90 Å². The first-order chi connectivity index (χ1) is 9.29. The number of anilines is 1. The third kappa shape index (κ3) is 2.14. The first-order valence-electron chi connectivity index (χ1n) is 6.52. The van der Waals surface area contributed by atoms with Crippen molar-refractivity contribution in [2.45, 2.75) is 12.5 Å². The number of fused-ring (bicyclic) bond motifs is 1. The minimum Gasteiger partial charge on any atom is -0.360 e. The van der Waals surface area contributed by atoms with Crippen molar-refractivity contribution in [1.29, 1.82) is 0 Å². The molecule has 19 heavy (non-hydrogen) atoms. The highest BCUT2D eigenvalue weighted by molar-refractivity contribution is 5.60. The fourth-order valence-electron chi connectivity index (χ4n) is 2.78. The van der Waals surface area contributed by atoms with E-state index in [1.54, 1.807) is 6.07 Å². The maximum Gasteiger partial charge on any atom is 0.123 e. The molecular formula is C17H16FN. The molecule has 0 saturated heterocycles. The highest BCUT2D eigenvalue weighted by Gasteiger charge is 2.25. The van der Waals surface area contributed by atoms with Gasteiger partial charge in [-0.1, -0.05) is 36.4 Å². The molecule has 0 radical (unpaired) electrons. The monoisotopic (exact) mass is 253 g/mol. The van der Waals surface area contributed by atoms with E-state index in [0.29, 0.717) is 0 Å². The first-order valence-corrected chi connectivity index (χ1v) is 6.52. The van der Waals surface area contributed by atoms with Crippen LogP contribution in [0.2, 0.25) is 0 Å². The van der Waals surface area contributed by atoms with Gasteiger partial charge >= 0.3 is 0 Å². The Morgan fingerprint density at radius 2 is 1.95 bits per heavy atom. The second-order valence-electron chi connectivity index (χ2n) is 4.81. The van der Waals surface area contributed by atoms with Gasteiger partial charge in [-0.3, -0.25) is 0 Å². The standard InChI is InChI=1S/C17H16FN/c1-2-16(13-6-4-3-5-7-13)19-11-10-14-12-15(18)8-9-17(14)19/h2-9,12,16H,1,10-11H2/t16-/m0/s1. The first kappa shape index (κ1) is 12.0. The number of benzene rings is 2. The summed E-state index contributed by atoms with van der Waals surface area (Å²) in [5, 5.41) is 0. The molecule has 96 valence electrons. The van der Waals surface area contributed by atoms with Crippen LogP contribution >= 0.6 is 0 Å². The van der Waals surface area contributed by atoms with Crippen LogP contribution in [0.25, 0.3) is 0 Å². The molecule has 1 aliphatic rings. The largest absolute Gasteiger partial charge is 0.360 e. The van der Waals surface area contributed by atoms with Gasteiger partial charge in [0.05, 0.1) is 6.04 Å². The summed E-state index contributed by atoms with van der Waals surface area (Å²) in [6.45, 7) is 4.86. The van der Waals surface area contributed by atoms with Crippen molar-refractivity contribution >= 4 is 5.69 Å². The van der Waals surface area contributed by atoms with Gasteiger partial charge in [-0.15, -0.1) is 6.58 Å². The Morgan fingerprint density at radius 3 is 2.68 bits per heavy atom. The number of rotatable bonds is 3. The maximum absolute atomic E-state index is 13.3. The molecule has 0 fully saturated rings. The zero-order valence-electron chi connectivity index (χ0n) is 10.7. The normalized spacial score (nSPS) is 15.1.